The van der Waals surface area contributed by atoms with Crippen molar-refractivity contribution in [3.63, 3.8) is 0 Å². The Hall–Kier alpha value is -3.80. The molecule has 6 nitrogen and oxygen atoms in total. The molecule has 1 aromatic heterocycles. The van der Waals surface area contributed by atoms with Crippen LogP contribution >= 0.6 is 0 Å². The molecule has 2 fully saturated rings. The van der Waals surface area contributed by atoms with Crippen LogP contribution < -0.4 is 10.2 Å². The third kappa shape index (κ3) is 3.33. The lowest BCUT2D eigenvalue weighted by molar-refractivity contribution is -0.124. The Bertz CT molecular complexity index is 1280. The predicted molar refractivity (Wildman–Crippen MR) is 125 cm³/mol. The number of hydrogen-bond acceptors (Lipinski definition) is 4. The standard InChI is InChI=1S/C27H23N3O3/c31-23(29-20-9-12-22-19(15-20)2-1-13-28-22)14-16-3-10-21(11-4-16)30-26(32)24-17-5-6-18(8-7-17)25(24)27(30)33/h1-6,9-13,15,17-18,24-25H,7-8,14H2,(H,29,31). The van der Waals surface area contributed by atoms with Crippen LogP contribution in [0.25, 0.3) is 10.9 Å². The Morgan fingerprint density at radius 3 is 2.30 bits per heavy atom. The fraction of sp³-hybridized carbons (Fsp3) is 0.259. The van der Waals surface area contributed by atoms with Gasteiger partial charge in [0.15, 0.2) is 0 Å². The van der Waals surface area contributed by atoms with Gasteiger partial charge in [-0.25, -0.2) is 0 Å². The number of fused-ring (bicyclic) bond motifs is 2. The number of allylic oxidation sites excluding steroid dienone is 2. The van der Waals surface area contributed by atoms with Crippen LogP contribution in [0.3, 0.4) is 0 Å². The number of pyridine rings is 1. The van der Waals surface area contributed by atoms with Gasteiger partial charge in [0, 0.05) is 17.3 Å². The maximum absolute atomic E-state index is 13.1. The lowest BCUT2D eigenvalue weighted by Crippen LogP contribution is -2.38. The van der Waals surface area contributed by atoms with Crippen LogP contribution in [0.5, 0.6) is 0 Å². The van der Waals surface area contributed by atoms with Crippen molar-refractivity contribution in [2.45, 2.75) is 19.3 Å². The van der Waals surface area contributed by atoms with Crippen LogP contribution in [0.1, 0.15) is 18.4 Å². The topological polar surface area (TPSA) is 79.4 Å². The fourth-order valence-corrected chi connectivity index (χ4v) is 5.64. The van der Waals surface area contributed by atoms with Crippen molar-refractivity contribution >= 4 is 40.0 Å². The molecule has 4 unspecified atom stereocenters. The number of benzene rings is 2. The monoisotopic (exact) mass is 437 g/mol. The summed E-state index contributed by atoms with van der Waals surface area (Å²) in [6.45, 7) is 0. The maximum Gasteiger partial charge on any atom is 0.238 e. The van der Waals surface area contributed by atoms with Gasteiger partial charge in [-0.3, -0.25) is 24.3 Å². The third-order valence-electron chi connectivity index (χ3n) is 7.21. The second-order valence-electron chi connectivity index (χ2n) is 9.16. The Kier molecular flexibility index (Phi) is 4.61. The number of carbonyl (C=O) groups is 3. The summed E-state index contributed by atoms with van der Waals surface area (Å²) < 4.78 is 0. The molecule has 0 radical (unpaired) electrons. The van der Waals surface area contributed by atoms with Crippen molar-refractivity contribution in [3.8, 4) is 0 Å². The fourth-order valence-electron chi connectivity index (χ4n) is 5.64. The number of aromatic nitrogens is 1. The highest BCUT2D eigenvalue weighted by Gasteiger charge is 2.56. The molecule has 1 saturated carbocycles. The molecule has 1 saturated heterocycles. The zero-order chi connectivity index (χ0) is 22.5. The Labute approximate surface area is 191 Å². The van der Waals surface area contributed by atoms with Crippen molar-refractivity contribution in [2.75, 3.05) is 10.2 Å². The molecule has 3 amide bonds. The molecule has 2 aromatic carbocycles. The Balaban J connectivity index is 1.15. The smallest absolute Gasteiger partial charge is 0.238 e. The Morgan fingerprint density at radius 1 is 0.939 bits per heavy atom. The summed E-state index contributed by atoms with van der Waals surface area (Å²) >= 11 is 0. The molecule has 4 atom stereocenters. The van der Waals surface area contributed by atoms with E-state index in [-0.39, 0.29) is 47.8 Å². The summed E-state index contributed by atoms with van der Waals surface area (Å²) in [7, 11) is 0. The van der Waals surface area contributed by atoms with Crippen LogP contribution in [-0.2, 0) is 20.8 Å². The predicted octanol–water partition coefficient (Wildman–Crippen LogP) is 4.12. The first-order valence-electron chi connectivity index (χ1n) is 11.4. The summed E-state index contributed by atoms with van der Waals surface area (Å²) in [5.74, 6) is -0.382. The first kappa shape index (κ1) is 19.9. The minimum absolute atomic E-state index is 0.0830. The minimum atomic E-state index is -0.219. The molecule has 3 aromatic rings. The van der Waals surface area contributed by atoms with Crippen LogP contribution in [0.15, 0.2) is 72.9 Å². The molecular weight excluding hydrogens is 414 g/mol. The van der Waals surface area contributed by atoms with Gasteiger partial charge in [-0.2, -0.15) is 0 Å². The lowest BCUT2D eigenvalue weighted by Gasteiger charge is -2.38. The number of hydrogen-bond donors (Lipinski definition) is 1. The molecular formula is C27H23N3O3. The van der Waals surface area contributed by atoms with Gasteiger partial charge in [0.05, 0.1) is 29.5 Å². The van der Waals surface area contributed by atoms with E-state index >= 15 is 0 Å². The highest BCUT2D eigenvalue weighted by Crippen LogP contribution is 2.50. The van der Waals surface area contributed by atoms with Gasteiger partial charge >= 0.3 is 0 Å². The van der Waals surface area contributed by atoms with Crippen LogP contribution in [0.4, 0.5) is 11.4 Å². The first-order chi connectivity index (χ1) is 16.1. The van der Waals surface area contributed by atoms with E-state index in [1.54, 1.807) is 18.3 Å². The second-order valence-corrected chi connectivity index (χ2v) is 9.16. The first-order valence-corrected chi connectivity index (χ1v) is 11.4. The molecule has 2 heterocycles. The summed E-state index contributed by atoms with van der Waals surface area (Å²) in [4.78, 5) is 44.4. The van der Waals surface area contributed by atoms with E-state index in [0.29, 0.717) is 5.69 Å². The molecule has 1 N–H and O–H groups in total. The van der Waals surface area contributed by atoms with Gasteiger partial charge in [-0.05, 0) is 66.6 Å². The second kappa shape index (κ2) is 7.66. The lowest BCUT2D eigenvalue weighted by atomic mass is 9.63. The van der Waals surface area contributed by atoms with Crippen molar-refractivity contribution < 1.29 is 14.4 Å². The van der Waals surface area contributed by atoms with E-state index in [1.807, 2.05) is 42.5 Å². The number of carbonyl (C=O) groups excluding carboxylic acids is 3. The number of nitrogens with one attached hydrogen (secondary N) is 1. The average molecular weight is 437 g/mol. The molecule has 2 bridgehead atoms. The molecule has 4 aliphatic rings. The number of amides is 3. The van der Waals surface area contributed by atoms with E-state index in [0.717, 1.165) is 35.0 Å². The van der Waals surface area contributed by atoms with Gasteiger partial charge in [0.2, 0.25) is 17.7 Å². The van der Waals surface area contributed by atoms with E-state index in [4.69, 9.17) is 0 Å². The van der Waals surface area contributed by atoms with E-state index in [9.17, 15) is 14.4 Å². The van der Waals surface area contributed by atoms with E-state index < -0.39 is 0 Å². The largest absolute Gasteiger partial charge is 0.326 e. The summed E-state index contributed by atoms with van der Waals surface area (Å²) in [5.41, 5.74) is 3.00. The zero-order valence-corrected chi connectivity index (χ0v) is 18.0. The van der Waals surface area contributed by atoms with Gasteiger partial charge in [0.1, 0.15) is 0 Å². The van der Waals surface area contributed by atoms with Crippen molar-refractivity contribution in [1.29, 1.82) is 0 Å². The molecule has 33 heavy (non-hydrogen) atoms. The number of nitrogens with zero attached hydrogens (tertiary/aromatic N) is 2. The van der Waals surface area contributed by atoms with Gasteiger partial charge in [-0.1, -0.05) is 30.4 Å². The quantitative estimate of drug-likeness (QED) is 0.492. The summed E-state index contributed by atoms with van der Waals surface area (Å²) in [6.07, 6.45) is 8.15. The number of imide groups is 1. The van der Waals surface area contributed by atoms with Gasteiger partial charge in [-0.15, -0.1) is 0 Å². The Morgan fingerprint density at radius 2 is 1.64 bits per heavy atom. The normalized spacial score (nSPS) is 25.5. The zero-order valence-electron chi connectivity index (χ0n) is 18.0. The number of anilines is 2. The van der Waals surface area contributed by atoms with Gasteiger partial charge in [0.25, 0.3) is 0 Å². The average Bonchev–Trinajstić information content (AvgIpc) is 3.12. The maximum atomic E-state index is 13.1. The highest BCUT2D eigenvalue weighted by molar-refractivity contribution is 6.22. The van der Waals surface area contributed by atoms with E-state index in [1.165, 1.54) is 4.90 Å². The van der Waals surface area contributed by atoms with Crippen LogP contribution in [0.2, 0.25) is 0 Å². The SMILES string of the molecule is O=C(Cc1ccc(N2C(=O)C3C4C=CC(CC4)C3C2=O)cc1)Nc1ccc2ncccc2c1. The molecule has 0 spiro atoms. The van der Waals surface area contributed by atoms with Crippen molar-refractivity contribution in [2.24, 2.45) is 23.7 Å². The van der Waals surface area contributed by atoms with Crippen LogP contribution in [0, 0.1) is 23.7 Å². The highest BCUT2D eigenvalue weighted by atomic mass is 16.2. The summed E-state index contributed by atoms with van der Waals surface area (Å²) in [6, 6.07) is 16.6. The third-order valence-corrected chi connectivity index (χ3v) is 7.21. The molecule has 3 aliphatic carbocycles. The van der Waals surface area contributed by atoms with E-state index in [2.05, 4.69) is 22.5 Å². The van der Waals surface area contributed by atoms with Crippen molar-refractivity contribution in [3.05, 3.63) is 78.5 Å². The number of rotatable bonds is 4. The summed E-state index contributed by atoms with van der Waals surface area (Å²) in [5, 5.41) is 3.89. The van der Waals surface area contributed by atoms with Crippen LogP contribution in [-0.4, -0.2) is 22.7 Å². The molecule has 1 aliphatic heterocycles. The molecule has 164 valence electrons. The molecule has 7 rings (SSSR count). The minimum Gasteiger partial charge on any atom is -0.326 e. The molecule has 6 heteroatoms. The van der Waals surface area contributed by atoms with Crippen molar-refractivity contribution in [1.82, 2.24) is 4.98 Å². The van der Waals surface area contributed by atoms with Gasteiger partial charge < -0.3 is 5.32 Å².